The van der Waals surface area contributed by atoms with Crippen LogP contribution in [0.15, 0.2) is 36.4 Å². The zero-order chi connectivity index (χ0) is 14.3. The van der Waals surface area contributed by atoms with E-state index in [0.29, 0.717) is 0 Å². The Morgan fingerprint density at radius 1 is 1.15 bits per heavy atom. The molecule has 0 aliphatic rings. The van der Waals surface area contributed by atoms with Gasteiger partial charge in [0.15, 0.2) is 0 Å². The quantitative estimate of drug-likeness (QED) is 0.634. The molecule has 4 heteroatoms. The van der Waals surface area contributed by atoms with Crippen molar-refractivity contribution in [1.82, 2.24) is 9.55 Å². The van der Waals surface area contributed by atoms with Crippen LogP contribution >= 0.6 is 11.6 Å². The van der Waals surface area contributed by atoms with E-state index in [2.05, 4.69) is 11.1 Å². The molecular formula is C16H14ClFN2. The van der Waals surface area contributed by atoms with Crippen LogP contribution in [0.3, 0.4) is 0 Å². The van der Waals surface area contributed by atoms with Crippen LogP contribution < -0.4 is 0 Å². The maximum atomic E-state index is 13.5. The van der Waals surface area contributed by atoms with Crippen molar-refractivity contribution in [3.63, 3.8) is 0 Å². The molecule has 0 spiro atoms. The number of aryl methyl sites for hydroxylation is 2. The molecule has 0 aliphatic heterocycles. The van der Waals surface area contributed by atoms with Gasteiger partial charge in [0.25, 0.3) is 0 Å². The van der Waals surface area contributed by atoms with Gasteiger partial charge in [0.1, 0.15) is 11.6 Å². The average Bonchev–Trinajstić information content (AvgIpc) is 2.76. The van der Waals surface area contributed by atoms with Crippen molar-refractivity contribution in [3.05, 3.63) is 59.2 Å². The summed E-state index contributed by atoms with van der Waals surface area (Å²) < 4.78 is 15.5. The van der Waals surface area contributed by atoms with E-state index in [4.69, 9.17) is 11.6 Å². The lowest BCUT2D eigenvalue weighted by Gasteiger charge is -2.11. The third kappa shape index (κ3) is 2.08. The minimum absolute atomic E-state index is 0.274. The topological polar surface area (TPSA) is 17.8 Å². The molecule has 0 N–H and O–H groups in total. The van der Waals surface area contributed by atoms with Gasteiger partial charge in [-0.2, -0.15) is 0 Å². The van der Waals surface area contributed by atoms with Crippen LogP contribution in [0.25, 0.3) is 16.7 Å². The third-order valence-electron chi connectivity index (χ3n) is 3.40. The first kappa shape index (κ1) is 13.1. The van der Waals surface area contributed by atoms with Crippen molar-refractivity contribution in [2.24, 2.45) is 0 Å². The highest BCUT2D eigenvalue weighted by Gasteiger charge is 2.14. The molecule has 3 rings (SSSR count). The lowest BCUT2D eigenvalue weighted by atomic mass is 10.1. The monoisotopic (exact) mass is 288 g/mol. The van der Waals surface area contributed by atoms with Gasteiger partial charge in [-0.1, -0.05) is 17.7 Å². The van der Waals surface area contributed by atoms with E-state index in [1.165, 1.54) is 17.7 Å². The number of fused-ring (bicyclic) bond motifs is 1. The Balaban J connectivity index is 2.36. The summed E-state index contributed by atoms with van der Waals surface area (Å²) in [5.41, 5.74) is 4.78. The zero-order valence-electron chi connectivity index (χ0n) is 11.3. The summed E-state index contributed by atoms with van der Waals surface area (Å²) in [6.45, 7) is 4.08. The lowest BCUT2D eigenvalue weighted by molar-refractivity contribution is 0.629. The Kier molecular flexibility index (Phi) is 3.22. The predicted octanol–water partition coefficient (Wildman–Crippen LogP) is 4.52. The molecule has 3 aromatic rings. The highest BCUT2D eigenvalue weighted by atomic mass is 35.5. The summed E-state index contributed by atoms with van der Waals surface area (Å²) in [5.74, 6) is 0.729. The molecular weight excluding hydrogens is 275 g/mol. The molecule has 2 nitrogen and oxygen atoms in total. The van der Waals surface area contributed by atoms with Gasteiger partial charge >= 0.3 is 0 Å². The smallest absolute Gasteiger partial charge is 0.129 e. The average molecular weight is 289 g/mol. The fraction of sp³-hybridized carbons (Fsp3) is 0.188. The van der Waals surface area contributed by atoms with Crippen LogP contribution in [-0.2, 0) is 5.88 Å². The summed E-state index contributed by atoms with van der Waals surface area (Å²) in [7, 11) is 0. The summed E-state index contributed by atoms with van der Waals surface area (Å²) in [6.07, 6.45) is 0. The van der Waals surface area contributed by atoms with Crippen LogP contribution in [0, 0.1) is 19.7 Å². The van der Waals surface area contributed by atoms with E-state index < -0.39 is 0 Å². The van der Waals surface area contributed by atoms with E-state index >= 15 is 0 Å². The fourth-order valence-corrected chi connectivity index (χ4v) is 2.69. The highest BCUT2D eigenvalue weighted by molar-refractivity contribution is 6.17. The molecule has 1 heterocycles. The number of nitrogens with zero attached hydrogens (tertiary/aromatic N) is 2. The summed E-state index contributed by atoms with van der Waals surface area (Å²) in [5, 5.41) is 0. The second-order valence-electron chi connectivity index (χ2n) is 4.92. The number of halogens is 2. The standard InChI is InChI=1S/C16H14ClFN2/c1-10-3-6-14(11(2)7-10)20-15-8-12(18)4-5-13(15)19-16(20)9-17/h3-8H,9H2,1-2H3. The number of hydrogen-bond donors (Lipinski definition) is 0. The van der Waals surface area contributed by atoms with E-state index in [0.717, 1.165) is 28.1 Å². The largest absolute Gasteiger partial charge is 0.295 e. The Bertz CT molecular complexity index is 793. The van der Waals surface area contributed by atoms with E-state index in [1.54, 1.807) is 6.07 Å². The fourth-order valence-electron chi connectivity index (χ4n) is 2.51. The van der Waals surface area contributed by atoms with Gasteiger partial charge in [0, 0.05) is 6.07 Å². The van der Waals surface area contributed by atoms with Gasteiger partial charge in [-0.05, 0) is 37.6 Å². The van der Waals surface area contributed by atoms with E-state index in [9.17, 15) is 4.39 Å². The SMILES string of the molecule is Cc1ccc(-n2c(CCl)nc3ccc(F)cc32)c(C)c1. The number of benzene rings is 2. The van der Waals surface area contributed by atoms with Gasteiger partial charge in [0.05, 0.1) is 22.6 Å². The first-order chi connectivity index (χ1) is 9.60. The van der Waals surface area contributed by atoms with E-state index in [-0.39, 0.29) is 11.7 Å². The molecule has 0 fully saturated rings. The van der Waals surface area contributed by atoms with Crippen molar-refractivity contribution in [3.8, 4) is 5.69 Å². The number of hydrogen-bond acceptors (Lipinski definition) is 1. The summed E-state index contributed by atoms with van der Waals surface area (Å²) in [6, 6.07) is 10.7. The van der Waals surface area contributed by atoms with Gasteiger partial charge in [0.2, 0.25) is 0 Å². The van der Waals surface area contributed by atoms with Crippen LogP contribution in [0.5, 0.6) is 0 Å². The second-order valence-corrected chi connectivity index (χ2v) is 5.19. The minimum atomic E-state index is -0.274. The normalized spacial score (nSPS) is 11.2. The van der Waals surface area contributed by atoms with Crippen LogP contribution in [0.1, 0.15) is 17.0 Å². The molecule has 0 bridgehead atoms. The Hall–Kier alpha value is -1.87. The van der Waals surface area contributed by atoms with E-state index in [1.807, 2.05) is 30.5 Å². The predicted molar refractivity (Wildman–Crippen MR) is 80.1 cm³/mol. The van der Waals surface area contributed by atoms with Crippen molar-refractivity contribution in [2.45, 2.75) is 19.7 Å². The Morgan fingerprint density at radius 3 is 2.65 bits per heavy atom. The molecule has 102 valence electrons. The van der Waals surface area contributed by atoms with Crippen LogP contribution in [-0.4, -0.2) is 9.55 Å². The lowest BCUT2D eigenvalue weighted by Crippen LogP contribution is -2.02. The molecule has 0 saturated heterocycles. The van der Waals surface area contributed by atoms with Gasteiger partial charge in [-0.15, -0.1) is 11.6 Å². The van der Waals surface area contributed by atoms with Crippen molar-refractivity contribution < 1.29 is 4.39 Å². The maximum absolute atomic E-state index is 13.5. The summed E-state index contributed by atoms with van der Waals surface area (Å²) in [4.78, 5) is 4.48. The third-order valence-corrected chi connectivity index (χ3v) is 3.64. The summed E-state index contributed by atoms with van der Waals surface area (Å²) >= 11 is 6.00. The molecule has 2 aromatic carbocycles. The minimum Gasteiger partial charge on any atom is -0.295 e. The van der Waals surface area contributed by atoms with Crippen molar-refractivity contribution >= 4 is 22.6 Å². The molecule has 0 unspecified atom stereocenters. The molecule has 20 heavy (non-hydrogen) atoms. The van der Waals surface area contributed by atoms with Gasteiger partial charge < -0.3 is 0 Å². The Labute approximate surface area is 121 Å². The molecule has 0 amide bonds. The highest BCUT2D eigenvalue weighted by Crippen LogP contribution is 2.26. The first-order valence-electron chi connectivity index (χ1n) is 6.40. The van der Waals surface area contributed by atoms with Crippen LogP contribution in [0.4, 0.5) is 4.39 Å². The first-order valence-corrected chi connectivity index (χ1v) is 6.94. The van der Waals surface area contributed by atoms with Crippen molar-refractivity contribution in [2.75, 3.05) is 0 Å². The second kappa shape index (κ2) is 4.91. The number of alkyl halides is 1. The Morgan fingerprint density at radius 2 is 1.95 bits per heavy atom. The molecule has 0 saturated carbocycles. The number of rotatable bonds is 2. The maximum Gasteiger partial charge on any atom is 0.129 e. The zero-order valence-corrected chi connectivity index (χ0v) is 12.1. The molecule has 1 aromatic heterocycles. The molecule has 0 atom stereocenters. The molecule has 0 radical (unpaired) electrons. The van der Waals surface area contributed by atoms with Crippen LogP contribution in [0.2, 0.25) is 0 Å². The number of imidazole rings is 1. The molecule has 0 aliphatic carbocycles. The number of aromatic nitrogens is 2. The van der Waals surface area contributed by atoms with Gasteiger partial charge in [-0.3, -0.25) is 4.57 Å². The van der Waals surface area contributed by atoms with Crippen molar-refractivity contribution in [1.29, 1.82) is 0 Å². The van der Waals surface area contributed by atoms with Gasteiger partial charge in [-0.25, -0.2) is 9.37 Å².